The molecule has 1 unspecified atom stereocenters. The van der Waals surface area contributed by atoms with E-state index in [-0.39, 0.29) is 35.8 Å². The zero-order valence-electron chi connectivity index (χ0n) is 15.1. The minimum absolute atomic E-state index is 0. The SMILES string of the molecule is CCNC(=NCc1coc(-c2cccs2)n1)NC(C)CCS(C)(=O)=O.I. The van der Waals surface area contributed by atoms with Gasteiger partial charge in [0.25, 0.3) is 0 Å². The second-order valence-corrected chi connectivity index (χ2v) is 8.99. The number of thiophene rings is 1. The number of aromatic nitrogens is 1. The quantitative estimate of drug-likeness (QED) is 0.321. The van der Waals surface area contributed by atoms with Gasteiger partial charge in [-0.05, 0) is 31.7 Å². The fraction of sp³-hybridized carbons (Fsp3) is 0.500. The predicted molar refractivity (Wildman–Crippen MR) is 117 cm³/mol. The lowest BCUT2D eigenvalue weighted by molar-refractivity contribution is 0.573. The smallest absolute Gasteiger partial charge is 0.236 e. The number of oxazole rings is 1. The predicted octanol–water partition coefficient (Wildman–Crippen LogP) is 2.90. The van der Waals surface area contributed by atoms with Crippen LogP contribution in [-0.4, -0.2) is 44.0 Å². The van der Waals surface area contributed by atoms with Crippen molar-refractivity contribution in [1.82, 2.24) is 15.6 Å². The molecule has 0 aliphatic heterocycles. The van der Waals surface area contributed by atoms with E-state index in [2.05, 4.69) is 20.6 Å². The Balaban J connectivity index is 0.00000338. The van der Waals surface area contributed by atoms with Gasteiger partial charge in [-0.3, -0.25) is 0 Å². The van der Waals surface area contributed by atoms with Crippen LogP contribution in [0.15, 0.2) is 33.2 Å². The molecular formula is C16H25IN4O3S2. The molecule has 0 radical (unpaired) electrons. The largest absolute Gasteiger partial charge is 0.443 e. The maximum absolute atomic E-state index is 11.3. The van der Waals surface area contributed by atoms with E-state index in [1.165, 1.54) is 6.26 Å². The Bertz CT molecular complexity index is 788. The molecule has 2 aromatic rings. The number of nitrogens with one attached hydrogen (secondary N) is 2. The summed E-state index contributed by atoms with van der Waals surface area (Å²) in [5.74, 6) is 1.37. The molecule has 0 amide bonds. The standard InChI is InChI=1S/C16H24N4O3S2.HI/c1-4-17-16(19-12(2)7-9-25(3,21)22)18-10-13-11-23-15(20-13)14-6-5-8-24-14;/h5-6,8,11-12H,4,7,9-10H2,1-3H3,(H2,17,18,19);1H. The maximum Gasteiger partial charge on any atom is 0.236 e. The highest BCUT2D eigenvalue weighted by Gasteiger charge is 2.10. The topological polar surface area (TPSA) is 96.6 Å². The van der Waals surface area contributed by atoms with Crippen LogP contribution in [0.5, 0.6) is 0 Å². The Hall–Kier alpha value is -1.14. The molecule has 10 heteroatoms. The summed E-state index contributed by atoms with van der Waals surface area (Å²) < 4.78 is 28.0. The van der Waals surface area contributed by atoms with Crippen molar-refractivity contribution in [3.05, 3.63) is 29.5 Å². The summed E-state index contributed by atoms with van der Waals surface area (Å²) in [5.41, 5.74) is 0.740. The first-order valence-corrected chi connectivity index (χ1v) is 11.0. The number of halogens is 1. The number of sulfone groups is 1. The summed E-state index contributed by atoms with van der Waals surface area (Å²) in [6.07, 6.45) is 3.37. The summed E-state index contributed by atoms with van der Waals surface area (Å²) in [6.45, 7) is 5.00. The molecular weight excluding hydrogens is 487 g/mol. The van der Waals surface area contributed by atoms with Crippen molar-refractivity contribution in [1.29, 1.82) is 0 Å². The van der Waals surface area contributed by atoms with E-state index in [1.807, 2.05) is 31.4 Å². The Morgan fingerprint density at radius 2 is 2.23 bits per heavy atom. The van der Waals surface area contributed by atoms with Crippen molar-refractivity contribution in [2.45, 2.75) is 32.9 Å². The molecule has 2 N–H and O–H groups in total. The number of rotatable bonds is 8. The molecule has 0 spiro atoms. The number of guanidine groups is 1. The Labute approximate surface area is 175 Å². The second-order valence-electron chi connectivity index (χ2n) is 5.78. The number of nitrogens with zero attached hydrogens (tertiary/aromatic N) is 2. The molecule has 2 rings (SSSR count). The third-order valence-electron chi connectivity index (χ3n) is 3.33. The van der Waals surface area contributed by atoms with Gasteiger partial charge in [0.1, 0.15) is 21.8 Å². The van der Waals surface area contributed by atoms with E-state index in [4.69, 9.17) is 4.42 Å². The van der Waals surface area contributed by atoms with E-state index in [1.54, 1.807) is 17.6 Å². The highest BCUT2D eigenvalue weighted by molar-refractivity contribution is 14.0. The number of hydrogen-bond donors (Lipinski definition) is 2. The van der Waals surface area contributed by atoms with Crippen molar-refractivity contribution in [2.75, 3.05) is 18.6 Å². The number of aliphatic imine (C=N–C) groups is 1. The van der Waals surface area contributed by atoms with Crippen LogP contribution in [0, 0.1) is 0 Å². The zero-order chi connectivity index (χ0) is 18.3. The van der Waals surface area contributed by atoms with Gasteiger partial charge in [-0.15, -0.1) is 35.3 Å². The van der Waals surface area contributed by atoms with Crippen molar-refractivity contribution < 1.29 is 12.8 Å². The Morgan fingerprint density at radius 1 is 1.46 bits per heavy atom. The van der Waals surface area contributed by atoms with Crippen LogP contribution in [0.2, 0.25) is 0 Å². The lowest BCUT2D eigenvalue weighted by Gasteiger charge is -2.17. The van der Waals surface area contributed by atoms with Gasteiger partial charge in [-0.1, -0.05) is 6.07 Å². The fourth-order valence-corrected chi connectivity index (χ4v) is 3.51. The van der Waals surface area contributed by atoms with Gasteiger partial charge in [-0.2, -0.15) is 0 Å². The van der Waals surface area contributed by atoms with Gasteiger partial charge in [0, 0.05) is 18.8 Å². The maximum atomic E-state index is 11.3. The van der Waals surface area contributed by atoms with Crippen LogP contribution in [0.3, 0.4) is 0 Å². The van der Waals surface area contributed by atoms with Crippen molar-refractivity contribution in [3.8, 4) is 10.8 Å². The van der Waals surface area contributed by atoms with E-state index >= 15 is 0 Å². The molecule has 0 aliphatic rings. The van der Waals surface area contributed by atoms with Crippen LogP contribution in [0.1, 0.15) is 26.0 Å². The third-order valence-corrected chi connectivity index (χ3v) is 5.17. The summed E-state index contributed by atoms with van der Waals surface area (Å²) in [7, 11) is -2.96. The van der Waals surface area contributed by atoms with Gasteiger partial charge in [-0.25, -0.2) is 18.4 Å². The van der Waals surface area contributed by atoms with Crippen molar-refractivity contribution in [3.63, 3.8) is 0 Å². The molecule has 0 aromatic carbocycles. The average Bonchev–Trinajstić information content (AvgIpc) is 3.21. The van der Waals surface area contributed by atoms with Gasteiger partial charge < -0.3 is 15.1 Å². The molecule has 2 aromatic heterocycles. The molecule has 0 aliphatic carbocycles. The molecule has 26 heavy (non-hydrogen) atoms. The molecule has 7 nitrogen and oxygen atoms in total. The Morgan fingerprint density at radius 3 is 2.85 bits per heavy atom. The molecule has 1 atom stereocenters. The van der Waals surface area contributed by atoms with Crippen LogP contribution in [0.4, 0.5) is 0 Å². The first-order chi connectivity index (χ1) is 11.9. The summed E-state index contributed by atoms with van der Waals surface area (Å²) >= 11 is 1.57. The minimum atomic E-state index is -2.96. The van der Waals surface area contributed by atoms with Crippen LogP contribution in [0.25, 0.3) is 10.8 Å². The van der Waals surface area contributed by atoms with Gasteiger partial charge in [0.05, 0.1) is 17.2 Å². The van der Waals surface area contributed by atoms with E-state index < -0.39 is 9.84 Å². The lowest BCUT2D eigenvalue weighted by Crippen LogP contribution is -2.42. The Kier molecular flexibility index (Phi) is 9.58. The highest BCUT2D eigenvalue weighted by Crippen LogP contribution is 2.23. The second kappa shape index (κ2) is 10.9. The monoisotopic (exact) mass is 512 g/mol. The summed E-state index contributed by atoms with van der Waals surface area (Å²) in [4.78, 5) is 9.90. The van der Waals surface area contributed by atoms with Gasteiger partial charge in [0.2, 0.25) is 5.89 Å². The van der Waals surface area contributed by atoms with Crippen LogP contribution < -0.4 is 10.6 Å². The zero-order valence-corrected chi connectivity index (χ0v) is 19.0. The van der Waals surface area contributed by atoms with Crippen molar-refractivity contribution >= 4 is 51.1 Å². The first kappa shape index (κ1) is 22.9. The normalized spacial score (nSPS) is 13.1. The fourth-order valence-electron chi connectivity index (χ4n) is 2.07. The van der Waals surface area contributed by atoms with Crippen LogP contribution in [-0.2, 0) is 16.4 Å². The average molecular weight is 512 g/mol. The van der Waals surface area contributed by atoms with Gasteiger partial charge >= 0.3 is 0 Å². The summed E-state index contributed by atoms with van der Waals surface area (Å²) in [5, 5.41) is 8.34. The van der Waals surface area contributed by atoms with E-state index in [9.17, 15) is 8.42 Å². The first-order valence-electron chi connectivity index (χ1n) is 8.08. The van der Waals surface area contributed by atoms with Gasteiger partial charge in [0.15, 0.2) is 5.96 Å². The molecule has 2 heterocycles. The van der Waals surface area contributed by atoms with E-state index in [0.29, 0.717) is 31.4 Å². The molecule has 0 bridgehead atoms. The molecule has 146 valence electrons. The minimum Gasteiger partial charge on any atom is -0.443 e. The lowest BCUT2D eigenvalue weighted by atomic mass is 10.3. The molecule has 0 fully saturated rings. The molecule has 0 saturated carbocycles. The van der Waals surface area contributed by atoms with Crippen LogP contribution >= 0.6 is 35.3 Å². The van der Waals surface area contributed by atoms with Crippen molar-refractivity contribution in [2.24, 2.45) is 4.99 Å². The summed E-state index contributed by atoms with van der Waals surface area (Å²) in [6, 6.07) is 3.90. The molecule has 0 saturated heterocycles. The highest BCUT2D eigenvalue weighted by atomic mass is 127. The third kappa shape index (κ3) is 8.04. The van der Waals surface area contributed by atoms with E-state index in [0.717, 1.165) is 10.6 Å². The number of hydrogen-bond acceptors (Lipinski definition) is 6.